The molecule has 1 fully saturated rings. The molecule has 15 heavy (non-hydrogen) atoms. The molecule has 1 nitrogen and oxygen atoms in total. The fourth-order valence-corrected chi connectivity index (χ4v) is 1.46. The zero-order valence-electron chi connectivity index (χ0n) is 8.11. The van der Waals surface area contributed by atoms with E-state index in [0.717, 1.165) is 6.07 Å². The summed E-state index contributed by atoms with van der Waals surface area (Å²) in [6, 6.07) is 1.19. The van der Waals surface area contributed by atoms with Gasteiger partial charge in [-0.1, -0.05) is 6.92 Å². The van der Waals surface area contributed by atoms with Crippen LogP contribution in [0.3, 0.4) is 0 Å². The van der Waals surface area contributed by atoms with Gasteiger partial charge in [-0.15, -0.1) is 0 Å². The van der Waals surface area contributed by atoms with Crippen LogP contribution in [0.5, 0.6) is 0 Å². The van der Waals surface area contributed by atoms with Gasteiger partial charge in [0.2, 0.25) is 0 Å². The molecule has 0 amide bonds. The van der Waals surface area contributed by atoms with Gasteiger partial charge in [0.1, 0.15) is 5.82 Å². The molecule has 0 bridgehead atoms. The molecule has 1 aromatic rings. The lowest BCUT2D eigenvalue weighted by atomic mass is 9.96. The average Bonchev–Trinajstić information content (AvgIpc) is 2.90. The van der Waals surface area contributed by atoms with Crippen LogP contribution in [0.15, 0.2) is 12.1 Å². The van der Waals surface area contributed by atoms with Crippen molar-refractivity contribution in [2.75, 3.05) is 0 Å². The lowest BCUT2D eigenvalue weighted by Crippen LogP contribution is -2.15. The van der Waals surface area contributed by atoms with Crippen molar-refractivity contribution in [2.24, 2.45) is 5.41 Å². The summed E-state index contributed by atoms with van der Waals surface area (Å²) in [7, 11) is 0. The van der Waals surface area contributed by atoms with Gasteiger partial charge in [-0.05, 0) is 18.9 Å². The number of carbonyl (C=O) groups is 1. The minimum Gasteiger partial charge on any atom is -0.293 e. The molecule has 1 aliphatic carbocycles. The Kier molecular flexibility index (Phi) is 2.10. The Labute approximate surface area is 84.9 Å². The van der Waals surface area contributed by atoms with Crippen molar-refractivity contribution in [3.05, 3.63) is 35.1 Å². The average molecular weight is 214 g/mol. The van der Waals surface area contributed by atoms with E-state index in [-0.39, 0.29) is 0 Å². The van der Waals surface area contributed by atoms with Crippen molar-refractivity contribution in [3.8, 4) is 0 Å². The van der Waals surface area contributed by atoms with Gasteiger partial charge in [-0.3, -0.25) is 4.79 Å². The lowest BCUT2D eigenvalue weighted by Gasteiger charge is -2.08. The van der Waals surface area contributed by atoms with Crippen LogP contribution in [0.1, 0.15) is 30.1 Å². The van der Waals surface area contributed by atoms with E-state index in [0.29, 0.717) is 18.9 Å². The Morgan fingerprint density at radius 2 is 1.87 bits per heavy atom. The molecule has 4 heteroatoms. The third kappa shape index (κ3) is 1.64. The normalized spacial score (nSPS) is 17.6. The summed E-state index contributed by atoms with van der Waals surface area (Å²) in [5, 5.41) is 0. The van der Waals surface area contributed by atoms with Crippen LogP contribution in [0.25, 0.3) is 0 Å². The van der Waals surface area contributed by atoms with Crippen molar-refractivity contribution in [2.45, 2.75) is 19.8 Å². The number of ketones is 1. The first-order chi connectivity index (χ1) is 6.94. The number of Topliss-reactive ketones (excluding diaryl/α,β-unsaturated/α-hetero) is 1. The molecule has 0 aromatic heterocycles. The van der Waals surface area contributed by atoms with E-state index in [4.69, 9.17) is 0 Å². The topological polar surface area (TPSA) is 17.1 Å². The van der Waals surface area contributed by atoms with E-state index in [9.17, 15) is 18.0 Å². The van der Waals surface area contributed by atoms with Crippen molar-refractivity contribution >= 4 is 5.78 Å². The number of carbonyl (C=O) groups excluding carboxylic acids is 1. The molecule has 0 radical (unpaired) electrons. The largest absolute Gasteiger partial charge is 0.293 e. The molecule has 2 rings (SSSR count). The first kappa shape index (κ1) is 10.2. The highest BCUT2D eigenvalue weighted by atomic mass is 19.2. The molecule has 1 saturated carbocycles. The first-order valence-corrected chi connectivity index (χ1v) is 4.63. The van der Waals surface area contributed by atoms with Crippen LogP contribution in [-0.4, -0.2) is 5.78 Å². The number of hydrogen-bond acceptors (Lipinski definition) is 1. The maximum absolute atomic E-state index is 13.2. The zero-order chi connectivity index (χ0) is 11.2. The minimum atomic E-state index is -1.32. The molecule has 1 aliphatic rings. The van der Waals surface area contributed by atoms with Crippen molar-refractivity contribution in [1.29, 1.82) is 0 Å². The smallest absolute Gasteiger partial charge is 0.171 e. The first-order valence-electron chi connectivity index (χ1n) is 4.63. The summed E-state index contributed by atoms with van der Waals surface area (Å²) >= 11 is 0. The Morgan fingerprint density at radius 1 is 1.27 bits per heavy atom. The van der Waals surface area contributed by atoms with Gasteiger partial charge in [-0.2, -0.15) is 0 Å². The molecule has 0 spiro atoms. The second-order valence-electron chi connectivity index (χ2n) is 4.14. The molecular formula is C11H9F3O. The number of hydrogen-bond donors (Lipinski definition) is 0. The molecule has 0 saturated heterocycles. The molecule has 80 valence electrons. The fraction of sp³-hybridized carbons (Fsp3) is 0.364. The van der Waals surface area contributed by atoms with Crippen LogP contribution >= 0.6 is 0 Å². The van der Waals surface area contributed by atoms with Gasteiger partial charge >= 0.3 is 0 Å². The van der Waals surface area contributed by atoms with Crippen LogP contribution < -0.4 is 0 Å². The van der Waals surface area contributed by atoms with E-state index < -0.39 is 34.2 Å². The van der Waals surface area contributed by atoms with Gasteiger partial charge in [-0.25, -0.2) is 13.2 Å². The number of halogens is 3. The highest BCUT2D eigenvalue weighted by molar-refractivity contribution is 6.02. The quantitative estimate of drug-likeness (QED) is 0.546. The summed E-state index contributed by atoms with van der Waals surface area (Å²) in [5.41, 5.74) is -1.10. The van der Waals surface area contributed by atoms with Gasteiger partial charge in [0.05, 0.1) is 5.56 Å². The summed E-state index contributed by atoms with van der Waals surface area (Å²) in [6.07, 6.45) is 1.28. The summed E-state index contributed by atoms with van der Waals surface area (Å²) in [6.45, 7) is 1.66. The monoisotopic (exact) mass is 214 g/mol. The molecule has 0 atom stereocenters. The van der Waals surface area contributed by atoms with Gasteiger partial charge in [0.15, 0.2) is 17.4 Å². The standard InChI is InChI=1S/C11H9F3O/c1-11(2-3-11)10(15)7-4-6(12)5-8(13)9(7)14/h4-5H,2-3H2,1H3. The molecule has 1 aromatic carbocycles. The van der Waals surface area contributed by atoms with Crippen molar-refractivity contribution in [3.63, 3.8) is 0 Å². The molecule has 0 heterocycles. The molecular weight excluding hydrogens is 205 g/mol. The van der Waals surface area contributed by atoms with Crippen LogP contribution in [0.2, 0.25) is 0 Å². The van der Waals surface area contributed by atoms with Gasteiger partial charge < -0.3 is 0 Å². The predicted octanol–water partition coefficient (Wildman–Crippen LogP) is 3.09. The SMILES string of the molecule is CC1(C(=O)c2cc(F)cc(F)c2F)CC1. The number of benzene rings is 1. The third-order valence-corrected chi connectivity index (χ3v) is 2.79. The highest BCUT2D eigenvalue weighted by Crippen LogP contribution is 2.47. The summed E-state index contributed by atoms with van der Waals surface area (Å²) in [4.78, 5) is 11.7. The Balaban J connectivity index is 2.48. The molecule has 0 aliphatic heterocycles. The predicted molar refractivity (Wildman–Crippen MR) is 48.0 cm³/mol. The highest BCUT2D eigenvalue weighted by Gasteiger charge is 2.46. The van der Waals surface area contributed by atoms with Gasteiger partial charge in [0, 0.05) is 11.5 Å². The number of rotatable bonds is 2. The van der Waals surface area contributed by atoms with E-state index >= 15 is 0 Å². The maximum Gasteiger partial charge on any atom is 0.171 e. The minimum absolute atomic E-state index is 0.432. The third-order valence-electron chi connectivity index (χ3n) is 2.79. The Morgan fingerprint density at radius 3 is 2.40 bits per heavy atom. The second-order valence-corrected chi connectivity index (χ2v) is 4.14. The van der Waals surface area contributed by atoms with E-state index in [1.807, 2.05) is 0 Å². The van der Waals surface area contributed by atoms with Crippen molar-refractivity contribution in [1.82, 2.24) is 0 Å². The van der Waals surface area contributed by atoms with Crippen LogP contribution in [0.4, 0.5) is 13.2 Å². The maximum atomic E-state index is 13.2. The van der Waals surface area contributed by atoms with Crippen molar-refractivity contribution < 1.29 is 18.0 Å². The second kappa shape index (κ2) is 3.08. The van der Waals surface area contributed by atoms with Gasteiger partial charge in [0.25, 0.3) is 0 Å². The summed E-state index contributed by atoms with van der Waals surface area (Å²) in [5.74, 6) is -4.02. The van der Waals surface area contributed by atoms with Crippen LogP contribution in [-0.2, 0) is 0 Å². The fourth-order valence-electron chi connectivity index (χ4n) is 1.46. The van der Waals surface area contributed by atoms with Crippen LogP contribution in [0, 0.1) is 22.9 Å². The molecule has 0 unspecified atom stereocenters. The van der Waals surface area contributed by atoms with E-state index in [1.54, 1.807) is 6.92 Å². The lowest BCUT2D eigenvalue weighted by molar-refractivity contribution is 0.0906. The van der Waals surface area contributed by atoms with E-state index in [1.165, 1.54) is 0 Å². The zero-order valence-corrected chi connectivity index (χ0v) is 8.11. The summed E-state index contributed by atoms with van der Waals surface area (Å²) < 4.78 is 38.9. The van der Waals surface area contributed by atoms with E-state index in [2.05, 4.69) is 0 Å². The Hall–Kier alpha value is -1.32. The molecule has 0 N–H and O–H groups in total. The Bertz CT molecular complexity index is 436.